The number of ether oxygens (including phenoxy) is 3. The van der Waals surface area contributed by atoms with Crippen LogP contribution in [0.2, 0.25) is 0 Å². The van der Waals surface area contributed by atoms with Crippen molar-refractivity contribution < 1.29 is 28.6 Å². The van der Waals surface area contributed by atoms with Crippen molar-refractivity contribution in [1.29, 1.82) is 0 Å². The molecule has 0 aromatic carbocycles. The first-order valence-electron chi connectivity index (χ1n) is 32.0. The number of esters is 3. The largest absolute Gasteiger partial charge is 0.462 e. The fourth-order valence-electron chi connectivity index (χ4n) is 8.25. The molecule has 0 aromatic rings. The van der Waals surface area contributed by atoms with E-state index in [1.807, 2.05) is 0 Å². The second kappa shape index (κ2) is 65.5. The van der Waals surface area contributed by atoms with E-state index in [0.717, 1.165) is 173 Å². The molecule has 0 aliphatic heterocycles. The van der Waals surface area contributed by atoms with Crippen molar-refractivity contribution >= 4 is 17.9 Å². The predicted molar refractivity (Wildman–Crippen MR) is 343 cm³/mol. The quantitative estimate of drug-likeness (QED) is 0.0261. The number of hydrogen-bond donors (Lipinski definition) is 0. The molecule has 0 heterocycles. The SMILES string of the molecule is CC/C=C\C/C=C\C/C=C\C/C=C\C/C=C\C/C=C\CCCCCCCCC(=O)OCC(COC(=O)CCCCCCC/C=C\CCCC)OC(=O)CCCCCCCC/C=C\C/C=C\C/C=C\C/C=C\C/C=C\C/C=C\CC. The minimum absolute atomic E-state index is 0.0996. The van der Waals surface area contributed by atoms with Gasteiger partial charge in [0, 0.05) is 19.3 Å². The molecule has 0 saturated carbocycles. The van der Waals surface area contributed by atoms with Crippen LogP contribution in [0.4, 0.5) is 0 Å². The molecule has 0 spiro atoms. The lowest BCUT2D eigenvalue weighted by molar-refractivity contribution is -0.167. The fraction of sp³-hybridized carbons (Fsp3) is 0.603. The van der Waals surface area contributed by atoms with E-state index in [2.05, 4.69) is 179 Å². The maximum absolute atomic E-state index is 12.9. The molecule has 1 unspecified atom stereocenters. The summed E-state index contributed by atoms with van der Waals surface area (Å²) >= 11 is 0. The first kappa shape index (κ1) is 74.0. The summed E-state index contributed by atoms with van der Waals surface area (Å²) in [4.78, 5) is 38.3. The first-order valence-corrected chi connectivity index (χ1v) is 32.0. The third kappa shape index (κ3) is 63.7. The van der Waals surface area contributed by atoms with Crippen LogP contribution >= 0.6 is 0 Å². The molecule has 0 saturated heterocycles. The van der Waals surface area contributed by atoms with Gasteiger partial charge in [-0.1, -0.05) is 262 Å². The lowest BCUT2D eigenvalue weighted by Crippen LogP contribution is -2.30. The highest BCUT2D eigenvalue weighted by Gasteiger charge is 2.19. The van der Waals surface area contributed by atoms with Gasteiger partial charge < -0.3 is 14.2 Å². The van der Waals surface area contributed by atoms with Crippen LogP contribution in [0.3, 0.4) is 0 Å². The summed E-state index contributed by atoms with van der Waals surface area (Å²) in [7, 11) is 0. The maximum atomic E-state index is 12.9. The molecule has 6 heteroatoms. The van der Waals surface area contributed by atoms with Gasteiger partial charge in [0.15, 0.2) is 6.10 Å². The van der Waals surface area contributed by atoms with Gasteiger partial charge in [0.2, 0.25) is 0 Å². The second-order valence-electron chi connectivity index (χ2n) is 20.5. The van der Waals surface area contributed by atoms with Gasteiger partial charge in [-0.15, -0.1) is 0 Å². The highest BCUT2D eigenvalue weighted by molar-refractivity contribution is 5.71. The van der Waals surface area contributed by atoms with E-state index >= 15 is 0 Å². The average Bonchev–Trinajstić information content (AvgIpc) is 3.45. The molecule has 0 N–H and O–H groups in total. The summed E-state index contributed by atoms with van der Waals surface area (Å²) in [6, 6.07) is 0. The van der Waals surface area contributed by atoms with Crippen molar-refractivity contribution in [1.82, 2.24) is 0 Å². The van der Waals surface area contributed by atoms with Gasteiger partial charge in [-0.3, -0.25) is 14.4 Å². The number of carbonyl (C=O) groups is 3. The molecule has 444 valence electrons. The number of rotatable bonds is 56. The van der Waals surface area contributed by atoms with Crippen LogP contribution in [0, 0.1) is 0 Å². The Hall–Kier alpha value is -4.97. The Morgan fingerprint density at radius 3 is 0.785 bits per heavy atom. The van der Waals surface area contributed by atoms with Crippen LogP contribution in [0.5, 0.6) is 0 Å². The molecule has 0 fully saturated rings. The summed E-state index contributed by atoms with van der Waals surface area (Å²) in [6.45, 7) is 6.34. The average molecular weight is 1090 g/mol. The van der Waals surface area contributed by atoms with Crippen LogP contribution in [0.15, 0.2) is 158 Å². The van der Waals surface area contributed by atoms with Crippen molar-refractivity contribution in [3.63, 3.8) is 0 Å². The Bertz CT molecular complexity index is 1780. The van der Waals surface area contributed by atoms with Gasteiger partial charge in [-0.05, 0) is 141 Å². The number of carbonyl (C=O) groups excluding carboxylic acids is 3. The van der Waals surface area contributed by atoms with E-state index in [9.17, 15) is 14.4 Å². The van der Waals surface area contributed by atoms with Crippen LogP contribution in [0.25, 0.3) is 0 Å². The highest BCUT2D eigenvalue weighted by Crippen LogP contribution is 2.14. The molecule has 0 bridgehead atoms. The van der Waals surface area contributed by atoms with Crippen LogP contribution in [-0.4, -0.2) is 37.2 Å². The summed E-state index contributed by atoms with van der Waals surface area (Å²) in [5.74, 6) is -0.942. The molecular weight excluding hydrogens is 973 g/mol. The van der Waals surface area contributed by atoms with Gasteiger partial charge in [-0.25, -0.2) is 0 Å². The zero-order chi connectivity index (χ0) is 57.1. The smallest absolute Gasteiger partial charge is 0.306 e. The van der Waals surface area contributed by atoms with E-state index in [4.69, 9.17) is 14.2 Å². The minimum atomic E-state index is -0.805. The molecule has 0 rings (SSSR count). The van der Waals surface area contributed by atoms with E-state index in [1.165, 1.54) is 51.4 Å². The van der Waals surface area contributed by atoms with E-state index < -0.39 is 6.10 Å². The summed E-state index contributed by atoms with van der Waals surface area (Å²) in [6.07, 6.45) is 95.3. The third-order valence-corrected chi connectivity index (χ3v) is 13.0. The van der Waals surface area contributed by atoms with Gasteiger partial charge in [0.1, 0.15) is 13.2 Å². The van der Waals surface area contributed by atoms with Gasteiger partial charge >= 0.3 is 17.9 Å². The molecule has 79 heavy (non-hydrogen) atoms. The summed E-state index contributed by atoms with van der Waals surface area (Å²) < 4.78 is 16.9. The Labute approximate surface area is 486 Å². The number of hydrogen-bond acceptors (Lipinski definition) is 6. The Kier molecular flexibility index (Phi) is 61.4. The lowest BCUT2D eigenvalue weighted by Gasteiger charge is -2.18. The second-order valence-corrected chi connectivity index (χ2v) is 20.5. The summed E-state index contributed by atoms with van der Waals surface area (Å²) in [5.41, 5.74) is 0. The highest BCUT2D eigenvalue weighted by atomic mass is 16.6. The topological polar surface area (TPSA) is 78.9 Å². The third-order valence-electron chi connectivity index (χ3n) is 13.0. The minimum Gasteiger partial charge on any atom is -0.462 e. The molecular formula is C73H116O6. The van der Waals surface area contributed by atoms with Crippen molar-refractivity contribution in [2.24, 2.45) is 0 Å². The Morgan fingerprint density at radius 2 is 0.494 bits per heavy atom. The predicted octanol–water partition coefficient (Wildman–Crippen LogP) is 22.1. The zero-order valence-corrected chi connectivity index (χ0v) is 50.8. The van der Waals surface area contributed by atoms with Gasteiger partial charge in [0.05, 0.1) is 0 Å². The van der Waals surface area contributed by atoms with Gasteiger partial charge in [0.25, 0.3) is 0 Å². The van der Waals surface area contributed by atoms with Crippen molar-refractivity contribution in [3.05, 3.63) is 158 Å². The van der Waals surface area contributed by atoms with E-state index in [0.29, 0.717) is 19.3 Å². The molecule has 0 aliphatic carbocycles. The molecule has 6 nitrogen and oxygen atoms in total. The monoisotopic (exact) mass is 1090 g/mol. The maximum Gasteiger partial charge on any atom is 0.306 e. The van der Waals surface area contributed by atoms with Crippen molar-refractivity contribution in [2.75, 3.05) is 13.2 Å². The van der Waals surface area contributed by atoms with Crippen LogP contribution in [-0.2, 0) is 28.6 Å². The Balaban J connectivity index is 4.40. The molecule has 0 aliphatic rings. The molecule has 0 aromatic heterocycles. The standard InChI is InChI=1S/C73H116O6/c1-4-7-10-13-16-19-22-24-26-28-30-32-34-36-38-40-42-44-46-48-51-54-57-60-63-66-72(75)78-69-70(68-77-71(74)65-62-59-56-53-50-21-18-15-12-9-6-3)79-73(76)67-64-61-58-55-52-49-47-45-43-41-39-37-35-33-31-29-27-25-23-20-17-14-11-8-5-2/h7-8,10-11,15-20,24-27,30-33,36-39,42-45,70H,4-6,9,12-14,21-23,28-29,34-35,40-41,46-69H2,1-3H3/b10-7-,11-8-,18-15-,19-16-,20-17-,26-24-,27-25-,32-30-,33-31-,38-36-,39-37-,44-42-,45-43-. The molecule has 0 amide bonds. The fourth-order valence-corrected chi connectivity index (χ4v) is 8.25. The number of unbranched alkanes of at least 4 members (excludes halogenated alkanes) is 19. The zero-order valence-electron chi connectivity index (χ0n) is 50.8. The Morgan fingerprint density at radius 1 is 0.266 bits per heavy atom. The van der Waals surface area contributed by atoms with Crippen LogP contribution in [0.1, 0.15) is 265 Å². The van der Waals surface area contributed by atoms with Gasteiger partial charge in [-0.2, -0.15) is 0 Å². The summed E-state index contributed by atoms with van der Waals surface area (Å²) in [5, 5.41) is 0. The normalized spacial score (nSPS) is 13.2. The van der Waals surface area contributed by atoms with E-state index in [1.54, 1.807) is 0 Å². The van der Waals surface area contributed by atoms with Crippen molar-refractivity contribution in [2.45, 2.75) is 271 Å². The lowest BCUT2D eigenvalue weighted by atomic mass is 10.1. The first-order chi connectivity index (χ1) is 39.0. The van der Waals surface area contributed by atoms with Crippen LogP contribution < -0.4 is 0 Å². The number of allylic oxidation sites excluding steroid dienone is 26. The molecule has 0 radical (unpaired) electrons. The van der Waals surface area contributed by atoms with Crippen molar-refractivity contribution in [3.8, 4) is 0 Å². The molecule has 1 atom stereocenters. The van der Waals surface area contributed by atoms with E-state index in [-0.39, 0.29) is 31.1 Å².